The summed E-state index contributed by atoms with van der Waals surface area (Å²) < 4.78 is 6.34. The fourth-order valence-corrected chi connectivity index (χ4v) is 3.61. The maximum atomic E-state index is 6.23. The first-order valence-corrected chi connectivity index (χ1v) is 9.04. The Kier molecular flexibility index (Phi) is 4.64. The molecule has 0 amide bonds. The highest BCUT2D eigenvalue weighted by Crippen LogP contribution is 2.27. The Bertz CT molecular complexity index is 1070. The van der Waals surface area contributed by atoms with E-state index in [4.69, 9.17) is 16.3 Å². The number of hydrogen-bond donors (Lipinski definition) is 1. The number of hydrogen-bond acceptors (Lipinski definition) is 7. The van der Waals surface area contributed by atoms with Gasteiger partial charge in [-0.05, 0) is 18.2 Å². The molecule has 2 heterocycles. The van der Waals surface area contributed by atoms with Crippen LogP contribution in [0.2, 0.25) is 5.02 Å². The average Bonchev–Trinajstić information content (AvgIpc) is 3.09. The van der Waals surface area contributed by atoms with Gasteiger partial charge in [-0.2, -0.15) is 5.10 Å². The molecule has 4 rings (SSSR count). The summed E-state index contributed by atoms with van der Waals surface area (Å²) in [6, 6.07) is 13.4. The van der Waals surface area contributed by atoms with Crippen molar-refractivity contribution in [1.29, 1.82) is 0 Å². The Labute approximate surface area is 158 Å². The molecule has 4 aromatic rings. The Balaban J connectivity index is 1.53. The van der Waals surface area contributed by atoms with Crippen molar-refractivity contribution < 1.29 is 4.74 Å². The highest BCUT2D eigenvalue weighted by molar-refractivity contribution is 7.18. The summed E-state index contributed by atoms with van der Waals surface area (Å²) in [5.41, 5.74) is 2.40. The molecule has 1 N–H and O–H groups in total. The number of nitrogens with zero attached hydrogens (tertiary/aromatic N) is 4. The summed E-state index contributed by atoms with van der Waals surface area (Å²) in [4.78, 5) is 9.10. The molecule has 0 aliphatic carbocycles. The molecule has 6 nitrogen and oxygen atoms in total. The largest absolute Gasteiger partial charge is 0.497 e. The van der Waals surface area contributed by atoms with Gasteiger partial charge in [0.2, 0.25) is 5.95 Å². The Morgan fingerprint density at radius 2 is 2.04 bits per heavy atom. The molecule has 0 aliphatic heterocycles. The van der Waals surface area contributed by atoms with Gasteiger partial charge in [0.15, 0.2) is 0 Å². The van der Waals surface area contributed by atoms with Crippen molar-refractivity contribution in [3.63, 3.8) is 0 Å². The third kappa shape index (κ3) is 3.44. The van der Waals surface area contributed by atoms with E-state index in [2.05, 4.69) is 25.5 Å². The third-order valence-corrected chi connectivity index (χ3v) is 5.11. The number of nitrogens with one attached hydrogen (secondary N) is 1. The zero-order chi connectivity index (χ0) is 17.9. The number of ether oxygens (including phenoxy) is 1. The molecule has 0 aliphatic rings. The van der Waals surface area contributed by atoms with Gasteiger partial charge in [0.05, 0.1) is 40.8 Å². The molecule has 0 atom stereocenters. The van der Waals surface area contributed by atoms with E-state index < -0.39 is 0 Å². The number of anilines is 1. The maximum absolute atomic E-state index is 6.23. The molecule has 2 aromatic heterocycles. The smallest absolute Gasteiger partial charge is 0.243 e. The Hall–Kier alpha value is -2.77. The van der Waals surface area contributed by atoms with Crippen molar-refractivity contribution in [1.82, 2.24) is 20.2 Å². The van der Waals surface area contributed by atoms with Crippen LogP contribution in [0.1, 0.15) is 5.01 Å². The van der Waals surface area contributed by atoms with E-state index in [1.54, 1.807) is 24.6 Å². The molecule has 0 fully saturated rings. The van der Waals surface area contributed by atoms with Crippen LogP contribution in [0.15, 0.2) is 48.7 Å². The standard InChI is InChI=1S/C18H14ClN5OS/c1-25-11-6-7-16-14(8-11)22-17(26-16)10-20-18-23-15(9-21-24-18)12-4-2-3-5-13(12)19/h2-9H,10H2,1H3,(H,20,23,24). The van der Waals surface area contributed by atoms with Gasteiger partial charge in [-0.25, -0.2) is 9.97 Å². The Morgan fingerprint density at radius 3 is 2.88 bits per heavy atom. The van der Waals surface area contributed by atoms with Gasteiger partial charge in [-0.3, -0.25) is 0 Å². The van der Waals surface area contributed by atoms with E-state index in [1.165, 1.54) is 0 Å². The van der Waals surface area contributed by atoms with Gasteiger partial charge in [-0.1, -0.05) is 29.8 Å². The van der Waals surface area contributed by atoms with E-state index in [0.717, 1.165) is 26.5 Å². The number of methoxy groups -OCH3 is 1. The fraction of sp³-hybridized carbons (Fsp3) is 0.111. The van der Waals surface area contributed by atoms with E-state index in [9.17, 15) is 0 Å². The molecule has 0 saturated heterocycles. The average molecular weight is 384 g/mol. The van der Waals surface area contributed by atoms with Gasteiger partial charge in [0.1, 0.15) is 10.8 Å². The van der Waals surface area contributed by atoms with Crippen LogP contribution in [0.3, 0.4) is 0 Å². The summed E-state index contributed by atoms with van der Waals surface area (Å²) in [7, 11) is 1.65. The van der Waals surface area contributed by atoms with E-state index in [-0.39, 0.29) is 0 Å². The molecular weight excluding hydrogens is 370 g/mol. The lowest BCUT2D eigenvalue weighted by atomic mass is 10.2. The molecule has 0 saturated carbocycles. The monoisotopic (exact) mass is 383 g/mol. The summed E-state index contributed by atoms with van der Waals surface area (Å²) in [5.74, 6) is 1.22. The number of halogens is 1. The van der Waals surface area contributed by atoms with Crippen molar-refractivity contribution in [3.8, 4) is 17.0 Å². The van der Waals surface area contributed by atoms with Crippen LogP contribution < -0.4 is 10.1 Å². The predicted molar refractivity (Wildman–Crippen MR) is 104 cm³/mol. The fourth-order valence-electron chi connectivity index (χ4n) is 2.49. The van der Waals surface area contributed by atoms with Crippen LogP contribution >= 0.6 is 22.9 Å². The lowest BCUT2D eigenvalue weighted by Crippen LogP contribution is -2.05. The van der Waals surface area contributed by atoms with E-state index >= 15 is 0 Å². The van der Waals surface area contributed by atoms with Crippen molar-refractivity contribution in [2.75, 3.05) is 12.4 Å². The number of aromatic nitrogens is 4. The molecule has 26 heavy (non-hydrogen) atoms. The Morgan fingerprint density at radius 1 is 1.15 bits per heavy atom. The minimum Gasteiger partial charge on any atom is -0.497 e. The second-order valence-electron chi connectivity index (χ2n) is 5.44. The number of thiazole rings is 1. The second-order valence-corrected chi connectivity index (χ2v) is 6.96. The minimum absolute atomic E-state index is 0.430. The van der Waals surface area contributed by atoms with Gasteiger partial charge < -0.3 is 10.1 Å². The van der Waals surface area contributed by atoms with Crippen LogP contribution in [0.4, 0.5) is 5.95 Å². The molecular formula is C18H14ClN5OS. The van der Waals surface area contributed by atoms with Crippen molar-refractivity contribution >= 4 is 39.1 Å². The minimum atomic E-state index is 0.430. The normalized spacial score (nSPS) is 10.8. The lowest BCUT2D eigenvalue weighted by molar-refractivity contribution is 0.415. The van der Waals surface area contributed by atoms with Gasteiger partial charge >= 0.3 is 0 Å². The summed E-state index contributed by atoms with van der Waals surface area (Å²) in [6.45, 7) is 0.509. The molecule has 8 heteroatoms. The first-order valence-electron chi connectivity index (χ1n) is 7.85. The highest BCUT2D eigenvalue weighted by Gasteiger charge is 2.09. The number of fused-ring (bicyclic) bond motifs is 1. The molecule has 2 aromatic carbocycles. The van der Waals surface area contributed by atoms with Gasteiger partial charge in [0, 0.05) is 11.6 Å². The first kappa shape index (κ1) is 16.7. The van der Waals surface area contributed by atoms with Crippen LogP contribution in [0.25, 0.3) is 21.5 Å². The number of benzene rings is 2. The molecule has 0 radical (unpaired) electrons. The lowest BCUT2D eigenvalue weighted by Gasteiger charge is -2.05. The third-order valence-electron chi connectivity index (χ3n) is 3.75. The van der Waals surface area contributed by atoms with Crippen LogP contribution in [-0.4, -0.2) is 27.3 Å². The van der Waals surface area contributed by atoms with E-state index in [1.807, 2.05) is 42.5 Å². The SMILES string of the molecule is COc1ccc2sc(CNc3nncc(-c4ccccc4Cl)n3)nc2c1. The van der Waals surface area contributed by atoms with E-state index in [0.29, 0.717) is 23.2 Å². The van der Waals surface area contributed by atoms with Crippen LogP contribution in [-0.2, 0) is 6.54 Å². The molecule has 130 valence electrons. The summed E-state index contributed by atoms with van der Waals surface area (Å²) in [6.07, 6.45) is 1.59. The van der Waals surface area contributed by atoms with Crippen LogP contribution in [0.5, 0.6) is 5.75 Å². The van der Waals surface area contributed by atoms with Crippen molar-refractivity contribution in [2.45, 2.75) is 6.54 Å². The summed E-state index contributed by atoms with van der Waals surface area (Å²) >= 11 is 7.84. The van der Waals surface area contributed by atoms with Crippen molar-refractivity contribution in [3.05, 3.63) is 58.7 Å². The maximum Gasteiger partial charge on any atom is 0.243 e. The van der Waals surface area contributed by atoms with Gasteiger partial charge in [0.25, 0.3) is 0 Å². The quantitative estimate of drug-likeness (QED) is 0.550. The predicted octanol–water partition coefficient (Wildman–Crippen LogP) is 4.42. The topological polar surface area (TPSA) is 72.8 Å². The molecule has 0 spiro atoms. The molecule has 0 bridgehead atoms. The van der Waals surface area contributed by atoms with Crippen molar-refractivity contribution in [2.24, 2.45) is 0 Å². The number of rotatable bonds is 5. The van der Waals surface area contributed by atoms with Gasteiger partial charge in [-0.15, -0.1) is 16.4 Å². The van der Waals surface area contributed by atoms with Crippen LogP contribution in [0, 0.1) is 0 Å². The highest BCUT2D eigenvalue weighted by atomic mass is 35.5. The molecule has 0 unspecified atom stereocenters. The first-order chi connectivity index (χ1) is 12.7. The summed E-state index contributed by atoms with van der Waals surface area (Å²) in [5, 5.41) is 12.8. The zero-order valence-corrected chi connectivity index (χ0v) is 15.4. The second kappa shape index (κ2) is 7.23. The zero-order valence-electron chi connectivity index (χ0n) is 13.8.